The van der Waals surface area contributed by atoms with Crippen molar-refractivity contribution in [1.82, 2.24) is 4.90 Å². The zero-order chi connectivity index (χ0) is 12.5. The third-order valence-corrected chi connectivity index (χ3v) is 4.23. The highest BCUT2D eigenvalue weighted by Crippen LogP contribution is 2.49. The van der Waals surface area contributed by atoms with E-state index in [9.17, 15) is 5.11 Å². The molecule has 0 atom stereocenters. The van der Waals surface area contributed by atoms with E-state index in [1.54, 1.807) is 0 Å². The van der Waals surface area contributed by atoms with Crippen LogP contribution in [0.4, 0.5) is 0 Å². The number of rotatable bonds is 6. The molecule has 2 rings (SSSR count). The summed E-state index contributed by atoms with van der Waals surface area (Å²) in [4.78, 5) is 2.24. The second kappa shape index (κ2) is 4.58. The van der Waals surface area contributed by atoms with Gasteiger partial charge < -0.3 is 15.7 Å². The number of aliphatic hydroxyl groups is 1. The summed E-state index contributed by atoms with van der Waals surface area (Å²) < 4.78 is 0. The topological polar surface area (TPSA) is 73.3 Å². The predicted molar refractivity (Wildman–Crippen MR) is 69.1 cm³/mol. The van der Waals surface area contributed by atoms with Crippen LogP contribution in [-0.2, 0) is 0 Å². The summed E-state index contributed by atoms with van der Waals surface area (Å²) in [5.41, 5.74) is 5.29. The Morgan fingerprint density at radius 2 is 1.82 bits per heavy atom. The molecule has 17 heavy (non-hydrogen) atoms. The Balaban J connectivity index is 1.81. The van der Waals surface area contributed by atoms with Crippen LogP contribution in [0.15, 0.2) is 0 Å². The van der Waals surface area contributed by atoms with E-state index in [2.05, 4.69) is 11.9 Å². The maximum Gasteiger partial charge on any atom is 0.0911 e. The average molecular weight is 239 g/mol. The first-order chi connectivity index (χ1) is 7.93. The molecule has 0 aromatic rings. The molecule has 2 fully saturated rings. The lowest BCUT2D eigenvalue weighted by atomic mass is 9.98. The highest BCUT2D eigenvalue weighted by molar-refractivity contribution is 5.78. The van der Waals surface area contributed by atoms with Crippen LogP contribution in [0, 0.1) is 10.8 Å². The fourth-order valence-corrected chi connectivity index (χ4v) is 3.29. The van der Waals surface area contributed by atoms with Gasteiger partial charge in [-0.2, -0.15) is 0 Å². The van der Waals surface area contributed by atoms with E-state index in [1.807, 2.05) is 0 Å². The molecule has 0 unspecified atom stereocenters. The minimum atomic E-state index is -0.457. The van der Waals surface area contributed by atoms with Crippen LogP contribution in [0.3, 0.4) is 0 Å². The maximum absolute atomic E-state index is 10.4. The minimum absolute atomic E-state index is 0.246. The van der Waals surface area contributed by atoms with Gasteiger partial charge >= 0.3 is 0 Å². The quantitative estimate of drug-likeness (QED) is 0.483. The molecule has 0 aliphatic heterocycles. The largest absolute Gasteiger partial charge is 0.389 e. The molecule has 0 heterocycles. The van der Waals surface area contributed by atoms with Crippen molar-refractivity contribution in [3.05, 3.63) is 0 Å². The molecule has 4 N–H and O–H groups in total. The van der Waals surface area contributed by atoms with Crippen LogP contribution in [0.2, 0.25) is 0 Å². The first kappa shape index (κ1) is 12.8. The molecular weight excluding hydrogens is 214 g/mol. The Bertz CT molecular complexity index is 293. The Hall–Kier alpha value is -0.610. The smallest absolute Gasteiger partial charge is 0.0911 e. The first-order valence-electron chi connectivity index (χ1n) is 6.67. The second-order valence-corrected chi connectivity index (χ2v) is 6.31. The molecular formula is C13H25N3O. The van der Waals surface area contributed by atoms with E-state index >= 15 is 0 Å². The average Bonchev–Trinajstić information content (AvgIpc) is 2.76. The molecule has 2 aliphatic carbocycles. The number of likely N-dealkylation sites (N-methyl/N-ethyl adjacent to an activating group) is 1. The Morgan fingerprint density at radius 1 is 1.24 bits per heavy atom. The maximum atomic E-state index is 10.4. The molecule has 98 valence electrons. The van der Waals surface area contributed by atoms with Gasteiger partial charge in [0, 0.05) is 19.5 Å². The van der Waals surface area contributed by atoms with E-state index in [-0.39, 0.29) is 5.41 Å². The molecule has 0 aromatic carbocycles. The zero-order valence-electron chi connectivity index (χ0n) is 10.8. The lowest BCUT2D eigenvalue weighted by Gasteiger charge is -2.31. The van der Waals surface area contributed by atoms with Gasteiger partial charge in [0.2, 0.25) is 0 Å². The van der Waals surface area contributed by atoms with Crippen molar-refractivity contribution in [2.45, 2.75) is 50.5 Å². The number of hydrogen-bond donors (Lipinski definition) is 3. The SMILES string of the molecule is CN(CC1(O)CCCC1)CC1(CC(=N)N)CC1. The first-order valence-corrected chi connectivity index (χ1v) is 6.67. The Labute approximate surface area is 104 Å². The molecule has 0 saturated heterocycles. The van der Waals surface area contributed by atoms with E-state index in [1.165, 1.54) is 12.8 Å². The molecule has 0 aromatic heterocycles. The second-order valence-electron chi connectivity index (χ2n) is 6.31. The fourth-order valence-electron chi connectivity index (χ4n) is 3.29. The highest BCUT2D eigenvalue weighted by atomic mass is 16.3. The molecule has 2 saturated carbocycles. The van der Waals surface area contributed by atoms with Gasteiger partial charge in [-0.05, 0) is 38.1 Å². The number of nitrogens with two attached hydrogens (primary N) is 1. The highest BCUT2D eigenvalue weighted by Gasteiger charge is 2.44. The minimum Gasteiger partial charge on any atom is -0.389 e. The molecule has 0 amide bonds. The van der Waals surface area contributed by atoms with Gasteiger partial charge in [-0.25, -0.2) is 0 Å². The van der Waals surface area contributed by atoms with Crippen LogP contribution < -0.4 is 5.73 Å². The summed E-state index contributed by atoms with van der Waals surface area (Å²) in [6.07, 6.45) is 7.26. The molecule has 0 spiro atoms. The fraction of sp³-hybridized carbons (Fsp3) is 0.923. The number of nitrogens with one attached hydrogen (secondary N) is 1. The van der Waals surface area contributed by atoms with E-state index in [0.717, 1.165) is 45.2 Å². The van der Waals surface area contributed by atoms with Gasteiger partial charge in [0.25, 0.3) is 0 Å². The summed E-state index contributed by atoms with van der Waals surface area (Å²) in [6, 6.07) is 0. The Morgan fingerprint density at radius 3 is 2.29 bits per heavy atom. The van der Waals surface area contributed by atoms with Crippen molar-refractivity contribution in [1.29, 1.82) is 5.41 Å². The van der Waals surface area contributed by atoms with Gasteiger partial charge in [-0.1, -0.05) is 12.8 Å². The van der Waals surface area contributed by atoms with Crippen LogP contribution in [0.1, 0.15) is 44.9 Å². The van der Waals surface area contributed by atoms with E-state index < -0.39 is 5.60 Å². The van der Waals surface area contributed by atoms with Crippen LogP contribution in [0.5, 0.6) is 0 Å². The number of hydrogen-bond acceptors (Lipinski definition) is 3. The van der Waals surface area contributed by atoms with E-state index in [4.69, 9.17) is 11.1 Å². The Kier molecular flexibility index (Phi) is 3.46. The van der Waals surface area contributed by atoms with E-state index in [0.29, 0.717) is 5.84 Å². The number of nitrogens with zero attached hydrogens (tertiary/aromatic N) is 1. The van der Waals surface area contributed by atoms with Crippen LogP contribution in [0.25, 0.3) is 0 Å². The van der Waals surface area contributed by atoms with Crippen molar-refractivity contribution in [3.8, 4) is 0 Å². The van der Waals surface area contributed by atoms with Gasteiger partial charge in [-0.3, -0.25) is 5.41 Å². The summed E-state index contributed by atoms with van der Waals surface area (Å²) >= 11 is 0. The third kappa shape index (κ3) is 3.42. The molecule has 2 aliphatic rings. The zero-order valence-corrected chi connectivity index (χ0v) is 10.8. The third-order valence-electron chi connectivity index (χ3n) is 4.23. The van der Waals surface area contributed by atoms with Crippen LogP contribution in [-0.4, -0.2) is 41.6 Å². The normalized spacial score (nSPS) is 25.1. The van der Waals surface area contributed by atoms with Crippen molar-refractivity contribution in [2.24, 2.45) is 11.1 Å². The van der Waals surface area contributed by atoms with Gasteiger partial charge in [0.05, 0.1) is 11.4 Å². The van der Waals surface area contributed by atoms with Crippen molar-refractivity contribution in [2.75, 3.05) is 20.1 Å². The molecule has 4 heteroatoms. The van der Waals surface area contributed by atoms with Crippen molar-refractivity contribution < 1.29 is 5.11 Å². The molecule has 0 bridgehead atoms. The lowest BCUT2D eigenvalue weighted by molar-refractivity contribution is 0.0120. The summed E-state index contributed by atoms with van der Waals surface area (Å²) in [5, 5.41) is 17.8. The van der Waals surface area contributed by atoms with Crippen molar-refractivity contribution in [3.63, 3.8) is 0 Å². The van der Waals surface area contributed by atoms with Gasteiger partial charge in [0.15, 0.2) is 0 Å². The monoisotopic (exact) mass is 239 g/mol. The number of amidine groups is 1. The summed E-state index contributed by atoms with van der Waals surface area (Å²) in [5.74, 6) is 0.301. The van der Waals surface area contributed by atoms with Crippen molar-refractivity contribution >= 4 is 5.84 Å². The lowest BCUT2D eigenvalue weighted by Crippen LogP contribution is -2.41. The standard InChI is InChI=1S/C13H25N3O/c1-16(10-13(17)4-2-3-5-13)9-12(6-7-12)8-11(14)15/h17H,2-10H2,1H3,(H3,14,15). The summed E-state index contributed by atoms with van der Waals surface area (Å²) in [6.45, 7) is 1.74. The van der Waals surface area contributed by atoms with Gasteiger partial charge in [0.1, 0.15) is 0 Å². The summed E-state index contributed by atoms with van der Waals surface area (Å²) in [7, 11) is 2.08. The van der Waals surface area contributed by atoms with Crippen LogP contribution >= 0.6 is 0 Å². The van der Waals surface area contributed by atoms with Gasteiger partial charge in [-0.15, -0.1) is 0 Å². The predicted octanol–water partition coefficient (Wildman–Crippen LogP) is 1.33. The molecule has 4 nitrogen and oxygen atoms in total. The molecule has 0 radical (unpaired) electrons.